The molecule has 0 amide bonds. The van der Waals surface area contributed by atoms with Crippen LogP contribution in [0, 0.1) is 0 Å². The average molecular weight is 946 g/mol. The van der Waals surface area contributed by atoms with Gasteiger partial charge in [-0.25, -0.2) is 0 Å². The highest BCUT2D eigenvalue weighted by Gasteiger charge is 2.17. The number of hydrogen-bond acceptors (Lipinski definition) is 5. The molecule has 0 saturated heterocycles. The van der Waals surface area contributed by atoms with Crippen molar-refractivity contribution in [2.24, 2.45) is 0 Å². The van der Waals surface area contributed by atoms with E-state index in [1.54, 1.807) is 0 Å². The van der Waals surface area contributed by atoms with Crippen molar-refractivity contribution in [2.45, 2.75) is 271 Å². The Morgan fingerprint density at radius 2 is 0.662 bits per heavy atom. The van der Waals surface area contributed by atoms with Gasteiger partial charge in [0.25, 0.3) is 0 Å². The summed E-state index contributed by atoms with van der Waals surface area (Å²) in [5.41, 5.74) is 0. The lowest BCUT2D eigenvalue weighted by molar-refractivity contribution is -0.163. The predicted molar refractivity (Wildman–Crippen MR) is 297 cm³/mol. The normalized spacial score (nSPS) is 12.9. The number of unbranched alkanes of at least 4 members (excludes halogenated alkanes) is 25. The summed E-state index contributed by atoms with van der Waals surface area (Å²) < 4.78 is 17.4. The maximum Gasteiger partial charge on any atom is 0.306 e. The van der Waals surface area contributed by atoms with E-state index in [0.717, 1.165) is 96.3 Å². The van der Waals surface area contributed by atoms with Gasteiger partial charge in [-0.05, 0) is 122 Å². The Kier molecular flexibility index (Phi) is 55.4. The van der Waals surface area contributed by atoms with Crippen molar-refractivity contribution in [2.75, 3.05) is 19.8 Å². The van der Waals surface area contributed by atoms with Crippen LogP contribution in [0.5, 0.6) is 0 Å². The summed E-state index contributed by atoms with van der Waals surface area (Å²) in [6, 6.07) is 0. The highest BCUT2D eigenvalue weighted by Crippen LogP contribution is 2.14. The zero-order valence-electron chi connectivity index (χ0n) is 44.8. The van der Waals surface area contributed by atoms with Crippen LogP contribution in [0.15, 0.2) is 97.2 Å². The topological polar surface area (TPSA) is 61.8 Å². The van der Waals surface area contributed by atoms with Crippen molar-refractivity contribution < 1.29 is 23.8 Å². The molecule has 0 aliphatic heterocycles. The molecule has 0 N–H and O–H groups in total. The van der Waals surface area contributed by atoms with E-state index < -0.39 is 6.10 Å². The molecule has 0 aliphatic carbocycles. The van der Waals surface area contributed by atoms with E-state index in [9.17, 15) is 9.59 Å². The molecule has 68 heavy (non-hydrogen) atoms. The second-order valence-corrected chi connectivity index (χ2v) is 18.8. The Labute approximate surface area is 422 Å². The zero-order valence-corrected chi connectivity index (χ0v) is 44.8. The average Bonchev–Trinajstić information content (AvgIpc) is 3.34. The number of allylic oxidation sites excluding steroid dienone is 16. The third-order valence-electron chi connectivity index (χ3n) is 12.1. The second kappa shape index (κ2) is 58.1. The first-order chi connectivity index (χ1) is 33.6. The first kappa shape index (κ1) is 64.8. The van der Waals surface area contributed by atoms with Crippen molar-refractivity contribution in [3.05, 3.63) is 97.2 Å². The van der Waals surface area contributed by atoms with Crippen molar-refractivity contribution in [1.29, 1.82) is 0 Å². The molecule has 0 aromatic rings. The third kappa shape index (κ3) is 55.4. The molecule has 0 fully saturated rings. The Balaban J connectivity index is 4.38. The van der Waals surface area contributed by atoms with Gasteiger partial charge in [-0.2, -0.15) is 0 Å². The van der Waals surface area contributed by atoms with Gasteiger partial charge in [-0.3, -0.25) is 9.59 Å². The molecule has 0 aliphatic rings. The van der Waals surface area contributed by atoms with E-state index in [1.165, 1.54) is 135 Å². The van der Waals surface area contributed by atoms with Crippen LogP contribution in [-0.2, 0) is 23.8 Å². The van der Waals surface area contributed by atoms with E-state index >= 15 is 0 Å². The fraction of sp³-hybridized carbons (Fsp3) is 0.714. The number of carbonyl (C=O) groups is 2. The molecule has 390 valence electrons. The van der Waals surface area contributed by atoms with Gasteiger partial charge < -0.3 is 14.2 Å². The zero-order chi connectivity index (χ0) is 49.2. The lowest BCUT2D eigenvalue weighted by atomic mass is 10.1. The van der Waals surface area contributed by atoms with Crippen LogP contribution in [0.25, 0.3) is 0 Å². The Morgan fingerprint density at radius 3 is 1.10 bits per heavy atom. The molecule has 5 nitrogen and oxygen atoms in total. The monoisotopic (exact) mass is 945 g/mol. The molecule has 0 rings (SSSR count). The summed E-state index contributed by atoms with van der Waals surface area (Å²) in [6.07, 6.45) is 78.6. The van der Waals surface area contributed by atoms with Crippen molar-refractivity contribution in [1.82, 2.24) is 0 Å². The standard InChI is InChI=1S/C63H108O5/c1-4-7-10-13-16-19-22-25-28-31-34-37-40-43-46-49-52-55-58-66-59-61(68-63(65)57-54-51-48-45-42-39-36-33-30-27-24-21-18-15-12-9-6-3)60-67-62(64)56-53-50-47-44-41-38-35-32-29-26-23-20-17-14-11-8-5-2/h7,10,16-17,19-20,25-30,34,37,43,46,61H,4-6,8-9,11-15,18,21-24,31-33,35-36,38-42,44-45,47-60H2,1-3H3/b10-7-,19-16-,20-17-,28-25-,29-26-,30-27-,37-34-,46-43-. The SMILES string of the molecule is CC/C=C\C/C=C\C/C=C\C/C=C\C/C=C\CCCCOCC(COC(=O)CCCCCCCCC/C=C\C/C=C\CCCCC)OC(=O)CCCCCCCCC/C=C\CCCCCCCC. The fourth-order valence-electron chi connectivity index (χ4n) is 7.80. The minimum absolute atomic E-state index is 0.0581. The predicted octanol–water partition coefficient (Wildman–Crippen LogP) is 19.8. The van der Waals surface area contributed by atoms with E-state index in [-0.39, 0.29) is 25.2 Å². The first-order valence-electron chi connectivity index (χ1n) is 28.8. The summed E-state index contributed by atoms with van der Waals surface area (Å²) in [5, 5.41) is 0. The quantitative estimate of drug-likeness (QED) is 0.0345. The van der Waals surface area contributed by atoms with Crippen LogP contribution < -0.4 is 0 Å². The van der Waals surface area contributed by atoms with Crippen LogP contribution in [0.1, 0.15) is 265 Å². The van der Waals surface area contributed by atoms with Gasteiger partial charge in [0, 0.05) is 19.4 Å². The number of ether oxygens (including phenoxy) is 3. The largest absolute Gasteiger partial charge is 0.462 e. The fourth-order valence-corrected chi connectivity index (χ4v) is 7.80. The van der Waals surface area contributed by atoms with Gasteiger partial charge in [-0.15, -0.1) is 0 Å². The Bertz CT molecular complexity index is 1300. The third-order valence-corrected chi connectivity index (χ3v) is 12.1. The van der Waals surface area contributed by atoms with Gasteiger partial charge >= 0.3 is 11.9 Å². The van der Waals surface area contributed by atoms with Gasteiger partial charge in [0.1, 0.15) is 6.61 Å². The molecule has 1 atom stereocenters. The number of hydrogen-bond donors (Lipinski definition) is 0. The lowest BCUT2D eigenvalue weighted by Crippen LogP contribution is -2.30. The molecule has 0 radical (unpaired) electrons. The van der Waals surface area contributed by atoms with Crippen LogP contribution in [0.4, 0.5) is 0 Å². The van der Waals surface area contributed by atoms with Gasteiger partial charge in [0.05, 0.1) is 6.61 Å². The van der Waals surface area contributed by atoms with E-state index in [4.69, 9.17) is 14.2 Å². The van der Waals surface area contributed by atoms with E-state index in [1.807, 2.05) is 0 Å². The van der Waals surface area contributed by atoms with Crippen molar-refractivity contribution in [3.8, 4) is 0 Å². The van der Waals surface area contributed by atoms with Crippen molar-refractivity contribution >= 4 is 11.9 Å². The first-order valence-corrected chi connectivity index (χ1v) is 28.8. The maximum absolute atomic E-state index is 12.9. The number of carbonyl (C=O) groups excluding carboxylic acids is 2. The highest BCUT2D eigenvalue weighted by atomic mass is 16.6. The van der Waals surface area contributed by atoms with Gasteiger partial charge in [0.15, 0.2) is 6.10 Å². The van der Waals surface area contributed by atoms with E-state index in [0.29, 0.717) is 19.4 Å². The Morgan fingerprint density at radius 1 is 0.338 bits per heavy atom. The summed E-state index contributed by atoms with van der Waals surface area (Å²) in [6.45, 7) is 7.59. The molecule has 0 aromatic carbocycles. The number of rotatable bonds is 52. The second-order valence-electron chi connectivity index (χ2n) is 18.8. The molecule has 0 spiro atoms. The minimum atomic E-state index is -0.570. The molecule has 0 aromatic heterocycles. The Hall–Kier alpha value is -3.18. The van der Waals surface area contributed by atoms with Crippen LogP contribution in [0.2, 0.25) is 0 Å². The summed E-state index contributed by atoms with van der Waals surface area (Å²) in [7, 11) is 0. The summed E-state index contributed by atoms with van der Waals surface area (Å²) >= 11 is 0. The van der Waals surface area contributed by atoms with Crippen LogP contribution in [0.3, 0.4) is 0 Å². The molecule has 0 bridgehead atoms. The van der Waals surface area contributed by atoms with Crippen LogP contribution in [-0.4, -0.2) is 37.9 Å². The smallest absolute Gasteiger partial charge is 0.306 e. The maximum atomic E-state index is 12.9. The summed E-state index contributed by atoms with van der Waals surface area (Å²) in [5.74, 6) is -0.433. The molecule has 0 saturated carbocycles. The lowest BCUT2D eigenvalue weighted by Gasteiger charge is -2.18. The van der Waals surface area contributed by atoms with E-state index in [2.05, 4.69) is 118 Å². The summed E-state index contributed by atoms with van der Waals surface area (Å²) in [4.78, 5) is 25.5. The number of esters is 2. The van der Waals surface area contributed by atoms with Gasteiger partial charge in [-0.1, -0.05) is 227 Å². The molecular weight excluding hydrogens is 837 g/mol. The molecular formula is C63H108O5. The molecule has 1 unspecified atom stereocenters. The minimum Gasteiger partial charge on any atom is -0.462 e. The van der Waals surface area contributed by atoms with Crippen molar-refractivity contribution in [3.63, 3.8) is 0 Å². The highest BCUT2D eigenvalue weighted by molar-refractivity contribution is 5.70. The molecule has 0 heterocycles. The van der Waals surface area contributed by atoms with Gasteiger partial charge in [0.2, 0.25) is 0 Å². The molecule has 5 heteroatoms. The van der Waals surface area contributed by atoms with Crippen LogP contribution >= 0.6 is 0 Å².